The zero-order valence-corrected chi connectivity index (χ0v) is 20.6. The Morgan fingerprint density at radius 3 is 2.41 bits per heavy atom. The molecular weight excluding hydrogens is 484 g/mol. The number of para-hydroxylation sites is 3. The first-order chi connectivity index (χ1) is 19.3. The van der Waals surface area contributed by atoms with Crippen LogP contribution in [-0.4, -0.2) is 24.6 Å². The summed E-state index contributed by atoms with van der Waals surface area (Å²) in [5.41, 5.74) is 7.07. The number of aromatic nitrogens is 4. The van der Waals surface area contributed by atoms with Gasteiger partial charge in [-0.15, -0.1) is 0 Å². The number of pyridine rings is 1. The first-order valence-corrected chi connectivity index (χ1v) is 12.7. The maximum atomic E-state index is 10.6. The van der Waals surface area contributed by atoms with E-state index in [9.17, 15) is 5.11 Å². The Kier molecular flexibility index (Phi) is 4.57. The van der Waals surface area contributed by atoms with Gasteiger partial charge in [-0.3, -0.25) is 4.57 Å². The highest BCUT2D eigenvalue weighted by Gasteiger charge is 2.20. The van der Waals surface area contributed by atoms with E-state index in [4.69, 9.17) is 19.4 Å². The first kappa shape index (κ1) is 21.6. The van der Waals surface area contributed by atoms with E-state index in [0.717, 1.165) is 44.2 Å². The molecule has 0 spiro atoms. The molecule has 0 aliphatic rings. The largest absolute Gasteiger partial charge is 0.507 e. The van der Waals surface area contributed by atoms with Crippen LogP contribution in [0.4, 0.5) is 0 Å². The lowest BCUT2D eigenvalue weighted by Crippen LogP contribution is -1.97. The van der Waals surface area contributed by atoms with Gasteiger partial charge in [0.2, 0.25) is 0 Å². The zero-order valence-electron chi connectivity index (χ0n) is 20.6. The standard InChI is InChI=1S/C33H20N4O2/c38-27-16-5-2-12-24(27)32-35-29(31-30(36-32)25-13-3-6-17-28(25)39-31)20-9-7-10-21(19-20)37-26-15-4-1-11-22(26)23-14-8-18-34-33(23)37/h1-19,38H. The molecule has 8 rings (SSSR count). The summed E-state index contributed by atoms with van der Waals surface area (Å²) in [7, 11) is 0. The summed E-state index contributed by atoms with van der Waals surface area (Å²) in [5.74, 6) is 0.562. The second kappa shape index (κ2) is 8.26. The molecule has 6 heteroatoms. The second-order valence-corrected chi connectivity index (χ2v) is 9.47. The molecule has 0 unspecified atom stereocenters. The summed E-state index contributed by atoms with van der Waals surface area (Å²) in [6.45, 7) is 0. The molecule has 4 aromatic carbocycles. The third-order valence-electron chi connectivity index (χ3n) is 7.18. The molecule has 4 heterocycles. The van der Waals surface area contributed by atoms with E-state index in [1.807, 2.05) is 66.9 Å². The van der Waals surface area contributed by atoms with Gasteiger partial charge in [0.25, 0.3) is 0 Å². The van der Waals surface area contributed by atoms with Crippen molar-refractivity contribution in [2.45, 2.75) is 0 Å². The van der Waals surface area contributed by atoms with Crippen LogP contribution >= 0.6 is 0 Å². The third-order valence-corrected chi connectivity index (χ3v) is 7.18. The fourth-order valence-electron chi connectivity index (χ4n) is 5.42. The number of nitrogens with zero attached hydrogens (tertiary/aromatic N) is 4. The number of phenols is 1. The van der Waals surface area contributed by atoms with E-state index < -0.39 is 0 Å². The number of hydrogen-bond acceptors (Lipinski definition) is 5. The minimum absolute atomic E-state index is 0.126. The van der Waals surface area contributed by atoms with Crippen LogP contribution in [0.25, 0.3) is 72.3 Å². The van der Waals surface area contributed by atoms with E-state index in [2.05, 4.69) is 41.0 Å². The fourth-order valence-corrected chi connectivity index (χ4v) is 5.42. The van der Waals surface area contributed by atoms with Gasteiger partial charge in [-0.2, -0.15) is 0 Å². The van der Waals surface area contributed by atoms with Gasteiger partial charge in [0.15, 0.2) is 11.4 Å². The van der Waals surface area contributed by atoms with Crippen molar-refractivity contribution in [2.75, 3.05) is 0 Å². The van der Waals surface area contributed by atoms with Crippen molar-refractivity contribution in [3.8, 4) is 34.1 Å². The molecule has 0 atom stereocenters. The molecule has 184 valence electrons. The molecule has 0 amide bonds. The highest BCUT2D eigenvalue weighted by Crippen LogP contribution is 2.38. The van der Waals surface area contributed by atoms with Crippen LogP contribution in [0.1, 0.15) is 0 Å². The molecule has 0 radical (unpaired) electrons. The number of benzene rings is 4. The Bertz CT molecular complexity index is 2160. The van der Waals surface area contributed by atoms with Gasteiger partial charge in [-0.1, -0.05) is 54.6 Å². The Balaban J connectivity index is 1.42. The molecule has 4 aromatic heterocycles. The number of aromatic hydroxyl groups is 1. The van der Waals surface area contributed by atoms with Gasteiger partial charge in [-0.25, -0.2) is 15.0 Å². The summed E-state index contributed by atoms with van der Waals surface area (Å²) in [6, 6.07) is 35.6. The van der Waals surface area contributed by atoms with Crippen LogP contribution in [-0.2, 0) is 0 Å². The molecule has 6 nitrogen and oxygen atoms in total. The van der Waals surface area contributed by atoms with Gasteiger partial charge in [0, 0.05) is 33.6 Å². The minimum Gasteiger partial charge on any atom is -0.507 e. The molecule has 0 bridgehead atoms. The monoisotopic (exact) mass is 504 g/mol. The topological polar surface area (TPSA) is 77.0 Å². The molecule has 39 heavy (non-hydrogen) atoms. The van der Waals surface area contributed by atoms with E-state index in [1.54, 1.807) is 12.1 Å². The van der Waals surface area contributed by atoms with Crippen molar-refractivity contribution < 1.29 is 9.52 Å². The number of rotatable bonds is 3. The fraction of sp³-hybridized carbons (Fsp3) is 0. The van der Waals surface area contributed by atoms with E-state index in [-0.39, 0.29) is 5.75 Å². The average Bonchev–Trinajstić information content (AvgIpc) is 3.53. The van der Waals surface area contributed by atoms with E-state index in [0.29, 0.717) is 28.2 Å². The maximum absolute atomic E-state index is 10.6. The van der Waals surface area contributed by atoms with Crippen LogP contribution in [0.3, 0.4) is 0 Å². The Hall–Kier alpha value is -5.49. The quantitative estimate of drug-likeness (QED) is 0.265. The van der Waals surface area contributed by atoms with E-state index in [1.165, 1.54) is 0 Å². The van der Waals surface area contributed by atoms with Crippen molar-refractivity contribution in [2.24, 2.45) is 0 Å². The van der Waals surface area contributed by atoms with Crippen LogP contribution in [0, 0.1) is 0 Å². The summed E-state index contributed by atoms with van der Waals surface area (Å²) < 4.78 is 8.50. The Morgan fingerprint density at radius 2 is 1.49 bits per heavy atom. The SMILES string of the molecule is Oc1ccccc1-c1nc(-c2cccc(-n3c4ccccc4c4cccnc43)c2)c2oc3ccccc3c2n1. The molecular formula is C33H20N4O2. The summed E-state index contributed by atoms with van der Waals surface area (Å²) in [5, 5.41) is 13.8. The maximum Gasteiger partial charge on any atom is 0.180 e. The third kappa shape index (κ3) is 3.25. The van der Waals surface area contributed by atoms with Gasteiger partial charge in [-0.05, 0) is 54.6 Å². The van der Waals surface area contributed by atoms with Crippen LogP contribution in [0.15, 0.2) is 120 Å². The predicted octanol–water partition coefficient (Wildman–Crippen LogP) is 7.91. The van der Waals surface area contributed by atoms with Crippen LogP contribution in [0.2, 0.25) is 0 Å². The normalized spacial score (nSPS) is 11.7. The predicted molar refractivity (Wildman–Crippen MR) is 154 cm³/mol. The van der Waals surface area contributed by atoms with Gasteiger partial charge < -0.3 is 9.52 Å². The van der Waals surface area contributed by atoms with Gasteiger partial charge >= 0.3 is 0 Å². The average molecular weight is 505 g/mol. The first-order valence-electron chi connectivity index (χ1n) is 12.7. The van der Waals surface area contributed by atoms with Crippen molar-refractivity contribution in [1.82, 2.24) is 19.5 Å². The molecule has 8 aromatic rings. The number of phenolic OH excluding ortho intramolecular Hbond substituents is 1. The smallest absolute Gasteiger partial charge is 0.180 e. The van der Waals surface area contributed by atoms with Crippen molar-refractivity contribution in [3.63, 3.8) is 0 Å². The van der Waals surface area contributed by atoms with Crippen molar-refractivity contribution in [1.29, 1.82) is 0 Å². The lowest BCUT2D eigenvalue weighted by Gasteiger charge is -2.11. The molecule has 0 saturated heterocycles. The van der Waals surface area contributed by atoms with Gasteiger partial charge in [0.05, 0.1) is 11.1 Å². The summed E-state index contributed by atoms with van der Waals surface area (Å²) in [6.07, 6.45) is 1.82. The van der Waals surface area contributed by atoms with Crippen LogP contribution in [0.5, 0.6) is 5.75 Å². The minimum atomic E-state index is 0.126. The van der Waals surface area contributed by atoms with Gasteiger partial charge in [0.1, 0.15) is 28.2 Å². The molecule has 0 fully saturated rings. The molecule has 0 aliphatic heterocycles. The molecule has 0 aliphatic carbocycles. The molecule has 1 N–H and O–H groups in total. The van der Waals surface area contributed by atoms with Crippen molar-refractivity contribution in [3.05, 3.63) is 115 Å². The zero-order chi connectivity index (χ0) is 25.9. The second-order valence-electron chi connectivity index (χ2n) is 9.47. The molecule has 0 saturated carbocycles. The summed E-state index contributed by atoms with van der Waals surface area (Å²) >= 11 is 0. The lowest BCUT2D eigenvalue weighted by molar-refractivity contribution is 0.477. The lowest BCUT2D eigenvalue weighted by atomic mass is 10.1. The van der Waals surface area contributed by atoms with Crippen molar-refractivity contribution >= 4 is 44.0 Å². The highest BCUT2D eigenvalue weighted by atomic mass is 16.3. The highest BCUT2D eigenvalue weighted by molar-refractivity contribution is 6.09. The number of fused-ring (bicyclic) bond motifs is 6. The number of hydrogen-bond donors (Lipinski definition) is 1. The van der Waals surface area contributed by atoms with Crippen LogP contribution < -0.4 is 0 Å². The Labute approximate surface area is 222 Å². The summed E-state index contributed by atoms with van der Waals surface area (Å²) in [4.78, 5) is 14.5. The number of furan rings is 1. The Morgan fingerprint density at radius 1 is 0.692 bits per heavy atom. The van der Waals surface area contributed by atoms with E-state index >= 15 is 0 Å².